The molecule has 0 saturated heterocycles. The van der Waals surface area contributed by atoms with Gasteiger partial charge in [0.25, 0.3) is 0 Å². The molecule has 8 aromatic carbocycles. The summed E-state index contributed by atoms with van der Waals surface area (Å²) in [6.07, 6.45) is 6.19. The second-order valence-corrected chi connectivity index (χ2v) is 16.2. The lowest BCUT2D eigenvalue weighted by molar-refractivity contribution is 0.188. The van der Waals surface area contributed by atoms with Crippen LogP contribution in [0, 0.1) is 0 Å². The van der Waals surface area contributed by atoms with Gasteiger partial charge in [-0.1, -0.05) is 194 Å². The van der Waals surface area contributed by atoms with E-state index in [9.17, 15) is 0 Å². The van der Waals surface area contributed by atoms with E-state index in [0.29, 0.717) is 26.4 Å². The van der Waals surface area contributed by atoms with Crippen LogP contribution in [0.1, 0.15) is 74.7 Å². The summed E-state index contributed by atoms with van der Waals surface area (Å²) in [5.41, 5.74) is 12.0. The van der Waals surface area contributed by atoms with Crippen molar-refractivity contribution in [2.24, 2.45) is 0 Å². The first-order valence-electron chi connectivity index (χ1n) is 22.2. The van der Waals surface area contributed by atoms with Crippen molar-refractivity contribution in [3.63, 3.8) is 0 Å². The van der Waals surface area contributed by atoms with E-state index in [2.05, 4.69) is 170 Å². The summed E-state index contributed by atoms with van der Waals surface area (Å²) in [6.45, 7) is 2.14. The Morgan fingerprint density at radius 1 is 0.281 bits per heavy atom. The largest absolute Gasteiger partial charge is 0.493 e. The second-order valence-electron chi connectivity index (χ2n) is 16.2. The fourth-order valence-corrected chi connectivity index (χ4v) is 8.32. The van der Waals surface area contributed by atoms with Crippen LogP contribution in [0.3, 0.4) is 0 Å². The van der Waals surface area contributed by atoms with Crippen molar-refractivity contribution in [2.45, 2.75) is 51.1 Å². The van der Waals surface area contributed by atoms with Gasteiger partial charge >= 0.3 is 0 Å². The molecule has 0 saturated carbocycles. The Morgan fingerprint density at radius 3 is 0.891 bits per heavy atom. The average Bonchev–Trinajstić information content (AvgIpc) is 3.37. The summed E-state index contributed by atoms with van der Waals surface area (Å²) in [5, 5.41) is 0. The number of rotatable bonds is 18. The molecule has 1 atom stereocenters. The van der Waals surface area contributed by atoms with Crippen LogP contribution in [-0.2, 0) is 31.2 Å². The maximum absolute atomic E-state index is 6.28. The monoisotopic (exact) mass is 836 g/mol. The van der Waals surface area contributed by atoms with Gasteiger partial charge in [0.1, 0.15) is 43.7 Å². The molecule has 0 radical (unpaired) electrons. The lowest BCUT2D eigenvalue weighted by Crippen LogP contribution is -2.10. The molecule has 0 N–H and O–H groups in total. The fourth-order valence-electron chi connectivity index (χ4n) is 8.32. The lowest BCUT2D eigenvalue weighted by atomic mass is 9.79. The van der Waals surface area contributed by atoms with E-state index >= 15 is 0 Å². The summed E-state index contributed by atoms with van der Waals surface area (Å²) < 4.78 is 24.9. The van der Waals surface area contributed by atoms with Gasteiger partial charge in [0.15, 0.2) is 0 Å². The van der Waals surface area contributed by atoms with Crippen molar-refractivity contribution in [1.82, 2.24) is 0 Å². The van der Waals surface area contributed by atoms with E-state index in [1.807, 2.05) is 60.7 Å². The van der Waals surface area contributed by atoms with Gasteiger partial charge in [-0.25, -0.2) is 0 Å². The van der Waals surface area contributed by atoms with Gasteiger partial charge in [-0.15, -0.1) is 0 Å². The minimum atomic E-state index is -0.0129. The van der Waals surface area contributed by atoms with Crippen LogP contribution in [0.15, 0.2) is 242 Å². The van der Waals surface area contributed by atoms with Crippen molar-refractivity contribution in [1.29, 1.82) is 0 Å². The summed E-state index contributed by atoms with van der Waals surface area (Å²) >= 11 is 0. The zero-order chi connectivity index (χ0) is 43.2. The molecule has 0 aromatic heterocycles. The van der Waals surface area contributed by atoms with Crippen LogP contribution in [0.4, 0.5) is 0 Å². The number of hydrogen-bond donors (Lipinski definition) is 0. The maximum Gasteiger partial charge on any atom is 0.119 e. The van der Waals surface area contributed by atoms with Crippen LogP contribution in [0.25, 0.3) is 0 Å². The van der Waals surface area contributed by atoms with Crippen LogP contribution in [0.5, 0.6) is 17.2 Å². The summed E-state index contributed by atoms with van der Waals surface area (Å²) in [7, 11) is 0. The predicted octanol–water partition coefficient (Wildman–Crippen LogP) is 14.6. The molecular formula is C60H52O4. The molecule has 1 unspecified atom stereocenters. The molecule has 9 rings (SSSR count). The van der Waals surface area contributed by atoms with Gasteiger partial charge in [-0.3, -0.25) is 0 Å². The molecule has 0 spiro atoms. The van der Waals surface area contributed by atoms with E-state index in [-0.39, 0.29) is 11.8 Å². The van der Waals surface area contributed by atoms with E-state index in [1.165, 1.54) is 39.0 Å². The van der Waals surface area contributed by atoms with Gasteiger partial charge < -0.3 is 18.9 Å². The first-order chi connectivity index (χ1) is 31.7. The zero-order valence-corrected chi connectivity index (χ0v) is 36.0. The quantitative estimate of drug-likeness (QED) is 0.0807. The molecule has 64 heavy (non-hydrogen) atoms. The standard InChI is InChI=1S/C60H52O4/c1-5-13-45(14-6-1)41-61-55-33-25-51(26-34-55)59(52-27-35-56(36-28-52)62-42-46-15-7-2-8-16-46)49-21-23-50(24-22-49)60(53-29-37-57(38-30-53)63-43-47-17-9-3-10-18-47)54-31-39-58(40-32-54)64-44-48-19-11-4-12-20-48/h1-31,33-39,59-60H,32,40-44H2. The highest BCUT2D eigenvalue weighted by Gasteiger charge is 2.24. The fraction of sp³-hybridized carbons (Fsp3) is 0.133. The Kier molecular flexibility index (Phi) is 13.7. The van der Waals surface area contributed by atoms with Gasteiger partial charge in [0.05, 0.1) is 5.76 Å². The van der Waals surface area contributed by atoms with Crippen molar-refractivity contribution in [3.8, 4) is 17.2 Å². The van der Waals surface area contributed by atoms with Gasteiger partial charge in [-0.05, 0) is 99.0 Å². The van der Waals surface area contributed by atoms with Crippen LogP contribution in [-0.4, -0.2) is 0 Å². The molecule has 0 amide bonds. The molecule has 4 heteroatoms. The minimum Gasteiger partial charge on any atom is -0.493 e. The maximum atomic E-state index is 6.28. The van der Waals surface area contributed by atoms with Gasteiger partial charge in [-0.2, -0.15) is 0 Å². The first kappa shape index (κ1) is 41.8. The van der Waals surface area contributed by atoms with E-state index in [0.717, 1.165) is 52.5 Å². The smallest absolute Gasteiger partial charge is 0.119 e. The Labute approximate surface area is 377 Å². The molecule has 8 aromatic rings. The van der Waals surface area contributed by atoms with Crippen molar-refractivity contribution >= 4 is 0 Å². The van der Waals surface area contributed by atoms with E-state index in [1.54, 1.807) is 0 Å². The zero-order valence-electron chi connectivity index (χ0n) is 36.0. The number of benzene rings is 8. The van der Waals surface area contributed by atoms with Crippen LogP contribution < -0.4 is 14.2 Å². The molecule has 0 fully saturated rings. The van der Waals surface area contributed by atoms with Gasteiger partial charge in [0, 0.05) is 18.3 Å². The van der Waals surface area contributed by atoms with Crippen LogP contribution >= 0.6 is 0 Å². The SMILES string of the molecule is C1=C(OCc2ccccc2)CCC(C(c2ccc(OCc3ccccc3)cc2)c2ccc(C(c3ccc(OCc4ccccc4)cc3)c3ccc(OCc4ccccc4)cc3)cc2)=C1. The van der Waals surface area contributed by atoms with E-state index in [4.69, 9.17) is 18.9 Å². The molecule has 1 aliphatic carbocycles. The lowest BCUT2D eigenvalue weighted by Gasteiger charge is -2.26. The second kappa shape index (κ2) is 21.0. The van der Waals surface area contributed by atoms with Crippen molar-refractivity contribution in [3.05, 3.63) is 292 Å². The van der Waals surface area contributed by atoms with Crippen molar-refractivity contribution < 1.29 is 18.9 Å². The minimum absolute atomic E-state index is 0.0129. The normalized spacial score (nSPS) is 12.8. The molecule has 0 aliphatic heterocycles. The highest BCUT2D eigenvalue weighted by atomic mass is 16.5. The molecular weight excluding hydrogens is 785 g/mol. The molecule has 0 heterocycles. The average molecular weight is 837 g/mol. The highest BCUT2D eigenvalue weighted by Crippen LogP contribution is 2.40. The third-order valence-corrected chi connectivity index (χ3v) is 11.8. The molecule has 1 aliphatic rings. The Balaban J connectivity index is 0.997. The highest BCUT2D eigenvalue weighted by molar-refractivity contribution is 5.50. The number of ether oxygens (including phenoxy) is 4. The van der Waals surface area contributed by atoms with E-state index < -0.39 is 0 Å². The third-order valence-electron chi connectivity index (χ3n) is 11.8. The summed E-state index contributed by atoms with van der Waals surface area (Å²) in [5.74, 6) is 3.60. The number of hydrogen-bond acceptors (Lipinski definition) is 4. The van der Waals surface area contributed by atoms with Crippen molar-refractivity contribution in [2.75, 3.05) is 0 Å². The molecule has 4 nitrogen and oxygen atoms in total. The summed E-state index contributed by atoms with van der Waals surface area (Å²) in [4.78, 5) is 0. The Morgan fingerprint density at radius 2 is 0.578 bits per heavy atom. The predicted molar refractivity (Wildman–Crippen MR) is 258 cm³/mol. The molecule has 316 valence electrons. The summed E-state index contributed by atoms with van der Waals surface area (Å²) in [6, 6.07) is 76.2. The first-order valence-corrected chi connectivity index (χ1v) is 22.2. The molecule has 0 bridgehead atoms. The van der Waals surface area contributed by atoms with Crippen LogP contribution in [0.2, 0.25) is 0 Å². The Hall–Kier alpha value is -7.56. The number of allylic oxidation sites excluding steroid dienone is 4. The third kappa shape index (κ3) is 11.1. The Bertz CT molecular complexity index is 2620. The topological polar surface area (TPSA) is 36.9 Å². The van der Waals surface area contributed by atoms with Gasteiger partial charge in [0.2, 0.25) is 0 Å².